The Labute approximate surface area is 147 Å². The fraction of sp³-hybridized carbons (Fsp3) is 0.111. The van der Waals surface area contributed by atoms with Crippen LogP contribution in [-0.4, -0.2) is 23.6 Å². The van der Waals surface area contributed by atoms with Crippen LogP contribution in [-0.2, 0) is 16.1 Å². The van der Waals surface area contributed by atoms with Crippen LogP contribution in [0.25, 0.3) is 10.9 Å². The van der Waals surface area contributed by atoms with Crippen LogP contribution in [0.15, 0.2) is 59.2 Å². The molecular weight excluding hydrogens is 372 g/mol. The summed E-state index contributed by atoms with van der Waals surface area (Å²) >= 11 is 3.44. The summed E-state index contributed by atoms with van der Waals surface area (Å²) in [7, 11) is 1.33. The van der Waals surface area contributed by atoms with Crippen LogP contribution in [0.4, 0.5) is 5.69 Å². The Morgan fingerprint density at radius 2 is 1.88 bits per heavy atom. The van der Waals surface area contributed by atoms with E-state index in [1.807, 2.05) is 35.0 Å². The zero-order valence-electron chi connectivity index (χ0n) is 13.0. The smallest absolute Gasteiger partial charge is 0.337 e. The van der Waals surface area contributed by atoms with E-state index in [4.69, 9.17) is 0 Å². The molecular formula is C18H15BrN2O3. The molecule has 122 valence electrons. The van der Waals surface area contributed by atoms with Crippen LogP contribution in [0.1, 0.15) is 10.4 Å². The molecule has 1 amide bonds. The summed E-state index contributed by atoms with van der Waals surface area (Å²) in [6.07, 6.45) is 1.89. The van der Waals surface area contributed by atoms with E-state index < -0.39 is 5.97 Å². The van der Waals surface area contributed by atoms with Crippen LogP contribution < -0.4 is 5.32 Å². The van der Waals surface area contributed by atoms with Crippen molar-refractivity contribution in [3.05, 3.63) is 64.8 Å². The molecule has 0 bridgehead atoms. The van der Waals surface area contributed by atoms with Gasteiger partial charge in [-0.05, 0) is 48.5 Å². The first-order valence-electron chi connectivity index (χ1n) is 7.29. The van der Waals surface area contributed by atoms with E-state index in [0.29, 0.717) is 11.3 Å². The second-order valence-electron chi connectivity index (χ2n) is 5.26. The third kappa shape index (κ3) is 3.49. The molecule has 3 rings (SSSR count). The van der Waals surface area contributed by atoms with Crippen LogP contribution in [0.2, 0.25) is 0 Å². The third-order valence-electron chi connectivity index (χ3n) is 3.64. The number of carbonyl (C=O) groups excluding carboxylic acids is 2. The topological polar surface area (TPSA) is 60.3 Å². The van der Waals surface area contributed by atoms with Crippen molar-refractivity contribution < 1.29 is 14.3 Å². The molecule has 5 nitrogen and oxygen atoms in total. The summed E-state index contributed by atoms with van der Waals surface area (Å²) in [5, 5.41) is 3.89. The van der Waals surface area contributed by atoms with Gasteiger partial charge in [-0.15, -0.1) is 0 Å². The van der Waals surface area contributed by atoms with Crippen LogP contribution in [0, 0.1) is 0 Å². The molecule has 0 spiro atoms. The van der Waals surface area contributed by atoms with Gasteiger partial charge in [0.05, 0.1) is 12.7 Å². The molecule has 1 N–H and O–H groups in total. The number of halogens is 1. The molecule has 0 aliphatic carbocycles. The number of amides is 1. The molecule has 0 saturated carbocycles. The molecule has 0 aliphatic heterocycles. The number of nitrogens with zero attached hydrogens (tertiary/aromatic N) is 1. The first-order chi connectivity index (χ1) is 11.6. The van der Waals surface area contributed by atoms with E-state index in [-0.39, 0.29) is 12.5 Å². The minimum absolute atomic E-state index is 0.138. The molecule has 0 atom stereocenters. The number of methoxy groups -OCH3 is 1. The van der Waals surface area contributed by atoms with E-state index in [9.17, 15) is 9.59 Å². The Kier molecular flexibility index (Phi) is 4.66. The highest BCUT2D eigenvalue weighted by Crippen LogP contribution is 2.21. The lowest BCUT2D eigenvalue weighted by Crippen LogP contribution is -2.18. The minimum Gasteiger partial charge on any atom is -0.465 e. The molecule has 1 aromatic heterocycles. The maximum absolute atomic E-state index is 12.2. The predicted molar refractivity (Wildman–Crippen MR) is 96.0 cm³/mol. The zero-order valence-corrected chi connectivity index (χ0v) is 14.5. The molecule has 0 aliphatic rings. The summed E-state index contributed by atoms with van der Waals surface area (Å²) in [6.45, 7) is 0.212. The quantitative estimate of drug-likeness (QED) is 0.693. The number of ether oxygens (including phenoxy) is 1. The molecule has 2 aromatic carbocycles. The number of anilines is 1. The van der Waals surface area contributed by atoms with Crippen LogP contribution >= 0.6 is 15.9 Å². The highest BCUT2D eigenvalue weighted by molar-refractivity contribution is 9.10. The standard InChI is InChI=1S/C18H15BrN2O3/c1-24-18(23)12-2-5-15(6-3-12)20-17(22)11-21-9-8-13-10-14(19)4-7-16(13)21/h2-10H,11H2,1H3,(H,20,22). The highest BCUT2D eigenvalue weighted by atomic mass is 79.9. The van der Waals surface area contributed by atoms with Gasteiger partial charge in [0, 0.05) is 27.3 Å². The van der Waals surface area contributed by atoms with Crippen molar-refractivity contribution in [2.24, 2.45) is 0 Å². The van der Waals surface area contributed by atoms with Crippen molar-refractivity contribution in [1.82, 2.24) is 4.57 Å². The Bertz CT molecular complexity index is 900. The normalized spacial score (nSPS) is 10.6. The van der Waals surface area contributed by atoms with Gasteiger partial charge in [0.15, 0.2) is 0 Å². The Morgan fingerprint density at radius 3 is 2.58 bits per heavy atom. The van der Waals surface area contributed by atoms with Gasteiger partial charge in [-0.25, -0.2) is 4.79 Å². The molecule has 3 aromatic rings. The van der Waals surface area contributed by atoms with Crippen molar-refractivity contribution in [3.8, 4) is 0 Å². The SMILES string of the molecule is COC(=O)c1ccc(NC(=O)Cn2ccc3cc(Br)ccc32)cc1. The monoisotopic (exact) mass is 386 g/mol. The molecule has 0 fully saturated rings. The van der Waals surface area contributed by atoms with Crippen LogP contribution in [0.3, 0.4) is 0 Å². The average Bonchev–Trinajstić information content (AvgIpc) is 2.96. The Balaban J connectivity index is 1.69. The van der Waals surface area contributed by atoms with Crippen molar-refractivity contribution in [2.75, 3.05) is 12.4 Å². The van der Waals surface area contributed by atoms with E-state index >= 15 is 0 Å². The predicted octanol–water partition coefficient (Wildman–Crippen LogP) is 3.83. The summed E-state index contributed by atoms with van der Waals surface area (Å²) in [5.74, 6) is -0.543. The second kappa shape index (κ2) is 6.88. The zero-order chi connectivity index (χ0) is 17.1. The van der Waals surface area contributed by atoms with Gasteiger partial charge in [-0.1, -0.05) is 15.9 Å². The summed E-state index contributed by atoms with van der Waals surface area (Å²) in [6, 6.07) is 14.5. The number of aromatic nitrogens is 1. The van der Waals surface area contributed by atoms with Gasteiger partial charge in [-0.3, -0.25) is 4.79 Å². The summed E-state index contributed by atoms with van der Waals surface area (Å²) < 4.78 is 7.54. The van der Waals surface area contributed by atoms with E-state index in [2.05, 4.69) is 26.0 Å². The first-order valence-corrected chi connectivity index (χ1v) is 8.09. The number of rotatable bonds is 4. The molecule has 6 heteroatoms. The van der Waals surface area contributed by atoms with Crippen LogP contribution in [0.5, 0.6) is 0 Å². The fourth-order valence-corrected chi connectivity index (χ4v) is 2.85. The lowest BCUT2D eigenvalue weighted by molar-refractivity contribution is -0.116. The summed E-state index contributed by atoms with van der Waals surface area (Å²) in [5.41, 5.74) is 2.07. The van der Waals surface area contributed by atoms with Crippen molar-refractivity contribution in [3.63, 3.8) is 0 Å². The van der Waals surface area contributed by atoms with E-state index in [0.717, 1.165) is 15.4 Å². The highest BCUT2D eigenvalue weighted by Gasteiger charge is 2.08. The van der Waals surface area contributed by atoms with Crippen molar-refractivity contribution in [2.45, 2.75) is 6.54 Å². The van der Waals surface area contributed by atoms with Gasteiger partial charge in [0.1, 0.15) is 6.54 Å². The lowest BCUT2D eigenvalue weighted by atomic mass is 10.2. The first kappa shape index (κ1) is 16.3. The fourth-order valence-electron chi connectivity index (χ4n) is 2.47. The Morgan fingerprint density at radius 1 is 1.12 bits per heavy atom. The number of benzene rings is 2. The van der Waals surface area contributed by atoms with Gasteiger partial charge in [0.2, 0.25) is 5.91 Å². The molecule has 0 unspecified atom stereocenters. The minimum atomic E-state index is -0.405. The largest absolute Gasteiger partial charge is 0.465 e. The molecule has 0 saturated heterocycles. The molecule has 0 radical (unpaired) electrons. The van der Waals surface area contributed by atoms with Crippen molar-refractivity contribution >= 4 is 44.4 Å². The number of fused-ring (bicyclic) bond motifs is 1. The maximum atomic E-state index is 12.2. The number of nitrogens with one attached hydrogen (secondary N) is 1. The number of esters is 1. The number of hydrogen-bond donors (Lipinski definition) is 1. The second-order valence-corrected chi connectivity index (χ2v) is 6.18. The van der Waals surface area contributed by atoms with Gasteiger partial charge in [0.25, 0.3) is 0 Å². The number of hydrogen-bond acceptors (Lipinski definition) is 3. The molecule has 1 heterocycles. The van der Waals surface area contributed by atoms with Gasteiger partial charge >= 0.3 is 5.97 Å². The Hall–Kier alpha value is -2.60. The van der Waals surface area contributed by atoms with Gasteiger partial charge < -0.3 is 14.6 Å². The number of carbonyl (C=O) groups is 2. The van der Waals surface area contributed by atoms with Crippen molar-refractivity contribution in [1.29, 1.82) is 0 Å². The third-order valence-corrected chi connectivity index (χ3v) is 4.13. The van der Waals surface area contributed by atoms with E-state index in [1.165, 1.54) is 7.11 Å². The van der Waals surface area contributed by atoms with Gasteiger partial charge in [-0.2, -0.15) is 0 Å². The maximum Gasteiger partial charge on any atom is 0.337 e. The average molecular weight is 387 g/mol. The lowest BCUT2D eigenvalue weighted by Gasteiger charge is -2.08. The summed E-state index contributed by atoms with van der Waals surface area (Å²) in [4.78, 5) is 23.6. The van der Waals surface area contributed by atoms with E-state index in [1.54, 1.807) is 24.3 Å². The molecule has 24 heavy (non-hydrogen) atoms.